The number of rotatable bonds is 2. The molecule has 2 fully saturated rings. The summed E-state index contributed by atoms with van der Waals surface area (Å²) in [7, 11) is 0. The van der Waals surface area contributed by atoms with Gasteiger partial charge in [-0.15, -0.1) is 0 Å². The second-order valence-corrected chi connectivity index (χ2v) is 5.17. The molecule has 0 spiro atoms. The summed E-state index contributed by atoms with van der Waals surface area (Å²) in [5.74, 6) is 0.843. The highest BCUT2D eigenvalue weighted by molar-refractivity contribution is 5.79. The molecule has 1 amide bonds. The molecule has 1 atom stereocenters. The van der Waals surface area contributed by atoms with Gasteiger partial charge in [0.2, 0.25) is 11.9 Å². The molecule has 1 aromatic heterocycles. The Bertz CT molecular complexity index is 445. The predicted molar refractivity (Wildman–Crippen MR) is 69.6 cm³/mol. The zero-order valence-corrected chi connectivity index (χ0v) is 10.8. The fraction of sp³-hybridized carbons (Fsp3) is 0.615. The minimum absolute atomic E-state index is 0.0851. The van der Waals surface area contributed by atoms with Crippen LogP contribution in [0.25, 0.3) is 0 Å². The van der Waals surface area contributed by atoms with E-state index in [1.54, 1.807) is 18.5 Å². The smallest absolute Gasteiger partial charge is 0.225 e. The molecule has 102 valence electrons. The highest BCUT2D eigenvalue weighted by Crippen LogP contribution is 2.23. The van der Waals surface area contributed by atoms with E-state index in [0.717, 1.165) is 31.9 Å². The first-order valence-corrected chi connectivity index (χ1v) is 6.73. The molecule has 19 heavy (non-hydrogen) atoms. The third-order valence-corrected chi connectivity index (χ3v) is 3.88. The summed E-state index contributed by atoms with van der Waals surface area (Å²) in [6.45, 7) is 2.20. The number of aliphatic hydroxyl groups excluding tert-OH is 1. The molecule has 0 bridgehead atoms. The fourth-order valence-corrected chi connectivity index (χ4v) is 2.90. The quantitative estimate of drug-likeness (QED) is 0.815. The molecule has 0 radical (unpaired) electrons. The Morgan fingerprint density at radius 3 is 2.47 bits per heavy atom. The number of nitrogens with zero attached hydrogens (tertiary/aromatic N) is 4. The Hall–Kier alpha value is -1.69. The fourth-order valence-electron chi connectivity index (χ4n) is 2.90. The van der Waals surface area contributed by atoms with Crippen LogP contribution in [0.5, 0.6) is 0 Å². The Morgan fingerprint density at radius 1 is 1.21 bits per heavy atom. The molecule has 0 aliphatic carbocycles. The maximum absolute atomic E-state index is 11.8. The van der Waals surface area contributed by atoms with Crippen molar-refractivity contribution < 1.29 is 9.90 Å². The second kappa shape index (κ2) is 5.13. The van der Waals surface area contributed by atoms with Crippen molar-refractivity contribution >= 4 is 11.9 Å². The Morgan fingerprint density at radius 2 is 1.89 bits per heavy atom. The summed E-state index contributed by atoms with van der Waals surface area (Å²) in [6.07, 6.45) is 5.11. The lowest BCUT2D eigenvalue weighted by Gasteiger charge is -2.36. The number of piperidine rings is 1. The van der Waals surface area contributed by atoms with Gasteiger partial charge in [-0.05, 0) is 18.9 Å². The van der Waals surface area contributed by atoms with E-state index in [0.29, 0.717) is 6.54 Å². The Labute approximate surface area is 112 Å². The number of amides is 1. The third kappa shape index (κ3) is 2.53. The maximum atomic E-state index is 11.8. The van der Waals surface area contributed by atoms with E-state index in [9.17, 15) is 9.90 Å². The highest BCUT2D eigenvalue weighted by Gasteiger charge is 2.35. The first kappa shape index (κ1) is 12.3. The lowest BCUT2D eigenvalue weighted by Crippen LogP contribution is -2.46. The molecular formula is C13H18N4O2. The minimum atomic E-state index is -0.483. The maximum Gasteiger partial charge on any atom is 0.225 e. The zero-order valence-electron chi connectivity index (χ0n) is 10.8. The van der Waals surface area contributed by atoms with E-state index in [1.807, 2.05) is 4.90 Å². The van der Waals surface area contributed by atoms with Crippen LogP contribution in [0.3, 0.4) is 0 Å². The van der Waals surface area contributed by atoms with Crippen LogP contribution in [0.2, 0.25) is 0 Å². The third-order valence-electron chi connectivity index (χ3n) is 3.88. The highest BCUT2D eigenvalue weighted by atomic mass is 16.3. The molecular weight excluding hydrogens is 244 g/mol. The van der Waals surface area contributed by atoms with Crippen LogP contribution in [-0.2, 0) is 4.79 Å². The molecule has 1 aromatic rings. The van der Waals surface area contributed by atoms with Crippen LogP contribution >= 0.6 is 0 Å². The summed E-state index contributed by atoms with van der Waals surface area (Å²) in [5, 5.41) is 9.54. The van der Waals surface area contributed by atoms with Crippen molar-refractivity contribution in [2.75, 3.05) is 24.5 Å². The zero-order chi connectivity index (χ0) is 13.2. The van der Waals surface area contributed by atoms with Gasteiger partial charge in [0.1, 0.15) is 0 Å². The van der Waals surface area contributed by atoms with E-state index in [1.165, 1.54) is 0 Å². The average molecular weight is 262 g/mol. The van der Waals surface area contributed by atoms with Crippen LogP contribution in [0.1, 0.15) is 19.3 Å². The molecule has 6 nitrogen and oxygen atoms in total. The second-order valence-electron chi connectivity index (χ2n) is 5.17. The molecule has 2 aliphatic heterocycles. The van der Waals surface area contributed by atoms with Gasteiger partial charge in [0.25, 0.3) is 0 Å². The first-order valence-electron chi connectivity index (χ1n) is 6.73. The number of aromatic nitrogens is 2. The topological polar surface area (TPSA) is 69.6 Å². The summed E-state index contributed by atoms with van der Waals surface area (Å²) in [6, 6.07) is 2.06. The molecule has 0 saturated carbocycles. The van der Waals surface area contributed by atoms with Crippen LogP contribution in [0.4, 0.5) is 5.95 Å². The van der Waals surface area contributed by atoms with E-state index in [4.69, 9.17) is 0 Å². The summed E-state index contributed by atoms with van der Waals surface area (Å²) in [4.78, 5) is 24.2. The Kier molecular flexibility index (Phi) is 3.33. The molecule has 1 unspecified atom stereocenters. The van der Waals surface area contributed by atoms with Gasteiger partial charge in [-0.1, -0.05) is 0 Å². The van der Waals surface area contributed by atoms with Gasteiger partial charge in [0, 0.05) is 38.1 Å². The molecule has 1 N–H and O–H groups in total. The molecule has 2 saturated heterocycles. The van der Waals surface area contributed by atoms with Crippen LogP contribution < -0.4 is 4.90 Å². The SMILES string of the molecule is O=C1CC(O)CN1C1CCN(c2ncccn2)CC1. The standard InChI is InChI=1S/C13H18N4O2/c18-11-8-12(19)17(9-11)10-2-6-16(7-3-10)13-14-4-1-5-15-13/h1,4-5,10-11,18H,2-3,6-9H2. The van der Waals surface area contributed by atoms with Gasteiger partial charge in [0.15, 0.2) is 0 Å². The number of carbonyl (C=O) groups is 1. The summed E-state index contributed by atoms with van der Waals surface area (Å²) < 4.78 is 0. The number of likely N-dealkylation sites (tertiary alicyclic amines) is 1. The van der Waals surface area contributed by atoms with E-state index < -0.39 is 6.10 Å². The molecule has 0 aromatic carbocycles. The monoisotopic (exact) mass is 262 g/mol. The normalized spacial score (nSPS) is 25.1. The van der Waals surface area contributed by atoms with Gasteiger partial charge in [0.05, 0.1) is 12.5 Å². The van der Waals surface area contributed by atoms with Crippen molar-refractivity contribution in [1.29, 1.82) is 0 Å². The van der Waals surface area contributed by atoms with Crippen LogP contribution in [0.15, 0.2) is 18.5 Å². The van der Waals surface area contributed by atoms with Gasteiger partial charge >= 0.3 is 0 Å². The van der Waals surface area contributed by atoms with Crippen molar-refractivity contribution in [3.63, 3.8) is 0 Å². The van der Waals surface area contributed by atoms with E-state index >= 15 is 0 Å². The number of hydrogen-bond acceptors (Lipinski definition) is 5. The summed E-state index contributed by atoms with van der Waals surface area (Å²) in [5.41, 5.74) is 0. The Balaban J connectivity index is 1.59. The van der Waals surface area contributed by atoms with Crippen molar-refractivity contribution in [1.82, 2.24) is 14.9 Å². The van der Waals surface area contributed by atoms with Crippen molar-refractivity contribution in [3.8, 4) is 0 Å². The lowest BCUT2D eigenvalue weighted by atomic mass is 10.0. The van der Waals surface area contributed by atoms with E-state index in [2.05, 4.69) is 14.9 Å². The van der Waals surface area contributed by atoms with Crippen molar-refractivity contribution in [2.24, 2.45) is 0 Å². The minimum Gasteiger partial charge on any atom is -0.391 e. The van der Waals surface area contributed by atoms with E-state index in [-0.39, 0.29) is 18.4 Å². The molecule has 3 rings (SSSR count). The van der Waals surface area contributed by atoms with Gasteiger partial charge < -0.3 is 14.9 Å². The van der Waals surface area contributed by atoms with Crippen LogP contribution in [-0.4, -0.2) is 57.7 Å². The number of hydrogen-bond donors (Lipinski definition) is 1. The predicted octanol–water partition coefficient (Wildman–Crippen LogP) is 0.0386. The van der Waals surface area contributed by atoms with Crippen LogP contribution in [0, 0.1) is 0 Å². The molecule has 2 aliphatic rings. The molecule has 3 heterocycles. The van der Waals surface area contributed by atoms with Gasteiger partial charge in [-0.25, -0.2) is 9.97 Å². The first-order chi connectivity index (χ1) is 9.24. The largest absolute Gasteiger partial charge is 0.391 e. The average Bonchev–Trinajstić information content (AvgIpc) is 2.79. The van der Waals surface area contributed by atoms with Gasteiger partial charge in [-0.2, -0.15) is 0 Å². The number of aliphatic hydroxyl groups is 1. The number of carbonyl (C=O) groups excluding carboxylic acids is 1. The van der Waals surface area contributed by atoms with Crippen molar-refractivity contribution in [3.05, 3.63) is 18.5 Å². The van der Waals surface area contributed by atoms with Crippen molar-refractivity contribution in [2.45, 2.75) is 31.4 Å². The van der Waals surface area contributed by atoms with Gasteiger partial charge in [-0.3, -0.25) is 4.79 Å². The summed E-state index contributed by atoms with van der Waals surface area (Å²) >= 11 is 0. The number of β-amino-alcohol motifs (C(OH)–C–C–N with tert-alkyl or cyclic N) is 1. The molecule has 6 heteroatoms. The number of anilines is 1. The lowest BCUT2D eigenvalue weighted by molar-refractivity contribution is -0.130.